The molecule has 0 fully saturated rings. The maximum absolute atomic E-state index is 2.58. The van der Waals surface area contributed by atoms with E-state index in [1.54, 1.807) is 0 Å². The molecule has 17 heavy (non-hydrogen) atoms. The minimum atomic E-state index is 0.421. The van der Waals surface area contributed by atoms with E-state index in [1.165, 1.54) is 31.5 Å². The van der Waals surface area contributed by atoms with E-state index in [0.29, 0.717) is 5.41 Å². The van der Waals surface area contributed by atoms with Gasteiger partial charge in [0.25, 0.3) is 0 Å². The highest BCUT2D eigenvalue weighted by molar-refractivity contribution is 5.14. The Bertz CT molecular complexity index is 303. The fourth-order valence-electron chi connectivity index (χ4n) is 2.09. The van der Waals surface area contributed by atoms with Crippen LogP contribution in [0, 0.1) is 5.41 Å². The molecule has 1 nitrogen and oxygen atoms in total. The largest absolute Gasteiger partial charge is 0.299 e. The molecule has 1 aromatic carbocycles. The summed E-state index contributed by atoms with van der Waals surface area (Å²) in [5.74, 6) is 0. The van der Waals surface area contributed by atoms with E-state index in [-0.39, 0.29) is 0 Å². The Morgan fingerprint density at radius 2 is 1.71 bits per heavy atom. The van der Waals surface area contributed by atoms with Crippen LogP contribution in [-0.4, -0.2) is 18.0 Å². The van der Waals surface area contributed by atoms with Gasteiger partial charge in [0, 0.05) is 13.1 Å². The van der Waals surface area contributed by atoms with Crippen LogP contribution in [0.4, 0.5) is 0 Å². The topological polar surface area (TPSA) is 3.24 Å². The minimum Gasteiger partial charge on any atom is -0.299 e. The molecule has 0 radical (unpaired) electrons. The summed E-state index contributed by atoms with van der Waals surface area (Å²) >= 11 is 0. The van der Waals surface area contributed by atoms with Crippen LogP contribution in [0.15, 0.2) is 30.3 Å². The summed E-state index contributed by atoms with van der Waals surface area (Å²) in [6.45, 7) is 12.7. The number of hydrogen-bond acceptors (Lipinski definition) is 1. The SMILES string of the molecule is CCCN(Cc1ccccc1)CC(C)(C)CC. The Morgan fingerprint density at radius 3 is 2.24 bits per heavy atom. The van der Waals surface area contributed by atoms with Crippen LogP contribution < -0.4 is 0 Å². The van der Waals surface area contributed by atoms with Crippen molar-refractivity contribution in [2.24, 2.45) is 5.41 Å². The standard InChI is InChI=1S/C16H27N/c1-5-12-17(14-16(3,4)6-2)13-15-10-8-7-9-11-15/h7-11H,5-6,12-14H2,1-4H3. The molecule has 1 aromatic rings. The molecule has 0 aliphatic carbocycles. The second-order valence-electron chi connectivity index (χ2n) is 5.71. The van der Waals surface area contributed by atoms with Crippen LogP contribution in [0.2, 0.25) is 0 Å². The Kier molecular flexibility index (Phi) is 5.70. The summed E-state index contributed by atoms with van der Waals surface area (Å²) in [4.78, 5) is 2.58. The smallest absolute Gasteiger partial charge is 0.0233 e. The predicted octanol–water partition coefficient (Wildman–Crippen LogP) is 4.33. The Morgan fingerprint density at radius 1 is 1.06 bits per heavy atom. The summed E-state index contributed by atoms with van der Waals surface area (Å²) in [7, 11) is 0. The van der Waals surface area contributed by atoms with E-state index in [4.69, 9.17) is 0 Å². The van der Waals surface area contributed by atoms with Crippen molar-refractivity contribution in [3.05, 3.63) is 35.9 Å². The summed E-state index contributed by atoms with van der Waals surface area (Å²) in [5.41, 5.74) is 1.84. The fourth-order valence-corrected chi connectivity index (χ4v) is 2.09. The van der Waals surface area contributed by atoms with Crippen molar-refractivity contribution < 1.29 is 0 Å². The quantitative estimate of drug-likeness (QED) is 0.677. The van der Waals surface area contributed by atoms with Crippen LogP contribution >= 0.6 is 0 Å². The average molecular weight is 233 g/mol. The maximum atomic E-state index is 2.58. The van der Waals surface area contributed by atoms with Crippen molar-refractivity contribution in [2.45, 2.75) is 47.1 Å². The molecule has 0 atom stereocenters. The highest BCUT2D eigenvalue weighted by Crippen LogP contribution is 2.22. The average Bonchev–Trinajstić information content (AvgIpc) is 2.30. The number of nitrogens with zero attached hydrogens (tertiary/aromatic N) is 1. The monoisotopic (exact) mass is 233 g/mol. The highest BCUT2D eigenvalue weighted by Gasteiger charge is 2.19. The van der Waals surface area contributed by atoms with E-state index >= 15 is 0 Å². The van der Waals surface area contributed by atoms with Crippen molar-refractivity contribution in [1.29, 1.82) is 0 Å². The molecule has 96 valence electrons. The van der Waals surface area contributed by atoms with Crippen LogP contribution in [0.5, 0.6) is 0 Å². The van der Waals surface area contributed by atoms with Crippen LogP contribution in [0.1, 0.15) is 46.1 Å². The molecule has 0 bridgehead atoms. The van der Waals surface area contributed by atoms with E-state index in [0.717, 1.165) is 6.54 Å². The molecule has 0 aliphatic rings. The minimum absolute atomic E-state index is 0.421. The van der Waals surface area contributed by atoms with Crippen LogP contribution in [0.3, 0.4) is 0 Å². The molecule has 0 saturated carbocycles. The molecule has 0 spiro atoms. The van der Waals surface area contributed by atoms with Gasteiger partial charge in [-0.15, -0.1) is 0 Å². The molecule has 0 aromatic heterocycles. The predicted molar refractivity (Wildman–Crippen MR) is 76.1 cm³/mol. The molecule has 0 N–H and O–H groups in total. The zero-order valence-corrected chi connectivity index (χ0v) is 11.9. The van der Waals surface area contributed by atoms with Crippen molar-refractivity contribution in [1.82, 2.24) is 4.90 Å². The fraction of sp³-hybridized carbons (Fsp3) is 0.625. The zero-order chi connectivity index (χ0) is 12.7. The summed E-state index contributed by atoms with van der Waals surface area (Å²) in [6.07, 6.45) is 2.47. The van der Waals surface area contributed by atoms with E-state index < -0.39 is 0 Å². The van der Waals surface area contributed by atoms with Crippen LogP contribution in [-0.2, 0) is 6.54 Å². The van der Waals surface area contributed by atoms with Gasteiger partial charge in [-0.1, -0.05) is 58.0 Å². The second-order valence-corrected chi connectivity index (χ2v) is 5.71. The third kappa shape index (κ3) is 5.36. The van der Waals surface area contributed by atoms with Crippen LogP contribution in [0.25, 0.3) is 0 Å². The highest BCUT2D eigenvalue weighted by atomic mass is 15.1. The molecule has 0 amide bonds. The van der Waals surface area contributed by atoms with Gasteiger partial charge in [-0.25, -0.2) is 0 Å². The first-order valence-electron chi connectivity index (χ1n) is 6.83. The van der Waals surface area contributed by atoms with Gasteiger partial charge in [0.2, 0.25) is 0 Å². The van der Waals surface area contributed by atoms with E-state index in [2.05, 4.69) is 62.9 Å². The Balaban J connectivity index is 2.60. The summed E-state index contributed by atoms with van der Waals surface area (Å²) in [5, 5.41) is 0. The third-order valence-electron chi connectivity index (χ3n) is 3.40. The maximum Gasteiger partial charge on any atom is 0.0233 e. The number of benzene rings is 1. The molecule has 1 heteroatoms. The first-order chi connectivity index (χ1) is 8.07. The lowest BCUT2D eigenvalue weighted by atomic mass is 9.89. The Hall–Kier alpha value is -0.820. The normalized spacial score (nSPS) is 12.1. The molecule has 0 aliphatic heterocycles. The van der Waals surface area contributed by atoms with E-state index in [9.17, 15) is 0 Å². The first-order valence-corrected chi connectivity index (χ1v) is 6.83. The molecular formula is C16H27N. The molecule has 0 saturated heterocycles. The number of hydrogen-bond donors (Lipinski definition) is 0. The molecule has 0 heterocycles. The van der Waals surface area contributed by atoms with Gasteiger partial charge in [-0.3, -0.25) is 4.90 Å². The summed E-state index contributed by atoms with van der Waals surface area (Å²) < 4.78 is 0. The van der Waals surface area contributed by atoms with Crippen molar-refractivity contribution in [3.8, 4) is 0 Å². The lowest BCUT2D eigenvalue weighted by molar-refractivity contribution is 0.166. The van der Waals surface area contributed by atoms with Gasteiger partial charge in [0.05, 0.1) is 0 Å². The van der Waals surface area contributed by atoms with Gasteiger partial charge in [0.15, 0.2) is 0 Å². The Labute approximate surface area is 107 Å². The number of rotatable bonds is 7. The van der Waals surface area contributed by atoms with Gasteiger partial charge >= 0.3 is 0 Å². The molecular weight excluding hydrogens is 206 g/mol. The van der Waals surface area contributed by atoms with Crippen molar-refractivity contribution >= 4 is 0 Å². The third-order valence-corrected chi connectivity index (χ3v) is 3.40. The van der Waals surface area contributed by atoms with Crippen molar-refractivity contribution in [2.75, 3.05) is 13.1 Å². The lowest BCUT2D eigenvalue weighted by Crippen LogP contribution is -2.34. The molecule has 1 rings (SSSR count). The lowest BCUT2D eigenvalue weighted by Gasteiger charge is -2.32. The second kappa shape index (κ2) is 6.80. The van der Waals surface area contributed by atoms with Gasteiger partial charge in [0.1, 0.15) is 0 Å². The molecule has 0 unspecified atom stereocenters. The first kappa shape index (κ1) is 14.2. The van der Waals surface area contributed by atoms with Gasteiger partial charge in [-0.05, 0) is 30.4 Å². The van der Waals surface area contributed by atoms with Gasteiger partial charge < -0.3 is 0 Å². The van der Waals surface area contributed by atoms with E-state index in [1.807, 2.05) is 0 Å². The van der Waals surface area contributed by atoms with Gasteiger partial charge in [-0.2, -0.15) is 0 Å². The summed E-state index contributed by atoms with van der Waals surface area (Å²) in [6, 6.07) is 10.8. The zero-order valence-electron chi connectivity index (χ0n) is 11.9. The van der Waals surface area contributed by atoms with Crippen molar-refractivity contribution in [3.63, 3.8) is 0 Å².